The molecular formula is C33H42N2O5S. The van der Waals surface area contributed by atoms with Gasteiger partial charge in [0.1, 0.15) is 0 Å². The van der Waals surface area contributed by atoms with Gasteiger partial charge in [0.05, 0.1) is 16.4 Å². The smallest absolute Gasteiger partial charge is 0.313 e. The number of carboxylic acids is 1. The first-order valence-corrected chi connectivity index (χ1v) is 15.5. The van der Waals surface area contributed by atoms with Crippen LogP contribution in [0.4, 0.5) is 0 Å². The molecule has 220 valence electrons. The van der Waals surface area contributed by atoms with Crippen molar-refractivity contribution in [3.63, 3.8) is 0 Å². The van der Waals surface area contributed by atoms with Gasteiger partial charge in [-0.1, -0.05) is 60.7 Å². The number of hydrogen-bond donors (Lipinski definition) is 3. The fourth-order valence-corrected chi connectivity index (χ4v) is 6.92. The molecule has 1 atom stereocenters. The number of carboxylic acid groups (broad SMARTS) is 1. The Hall–Kier alpha value is -3.04. The summed E-state index contributed by atoms with van der Waals surface area (Å²) < 4.78 is 28.0. The lowest BCUT2D eigenvalue weighted by atomic mass is 9.84. The molecular weight excluding hydrogens is 536 g/mol. The molecule has 0 amide bonds. The molecule has 0 spiro atoms. The summed E-state index contributed by atoms with van der Waals surface area (Å²) in [5, 5.41) is 23.7. The first-order chi connectivity index (χ1) is 19.2. The lowest BCUT2D eigenvalue weighted by molar-refractivity contribution is -0.142. The maximum atomic E-state index is 13.4. The van der Waals surface area contributed by atoms with Crippen LogP contribution in [0.25, 0.3) is 11.1 Å². The molecule has 0 aliphatic heterocycles. The van der Waals surface area contributed by atoms with Gasteiger partial charge in [0, 0.05) is 25.7 Å². The van der Waals surface area contributed by atoms with Crippen molar-refractivity contribution in [2.45, 2.75) is 68.9 Å². The summed E-state index contributed by atoms with van der Waals surface area (Å²) in [7, 11) is -2.36. The van der Waals surface area contributed by atoms with E-state index in [0.717, 1.165) is 24.8 Å². The number of likely N-dealkylation sites (N-methyl/N-ethyl adjacent to an activating group) is 1. The number of aliphatic hydroxyl groups excluding tert-OH is 1. The van der Waals surface area contributed by atoms with E-state index in [9.17, 15) is 23.4 Å². The number of nitrogens with one attached hydrogen (secondary N) is 1. The van der Waals surface area contributed by atoms with Crippen molar-refractivity contribution in [3.8, 4) is 11.1 Å². The highest BCUT2D eigenvalue weighted by Gasteiger charge is 2.30. The number of aliphatic hydroxyl groups is 1. The Kier molecular flexibility index (Phi) is 9.09. The van der Waals surface area contributed by atoms with Crippen LogP contribution >= 0.6 is 0 Å². The van der Waals surface area contributed by atoms with E-state index in [0.29, 0.717) is 17.0 Å². The molecule has 1 aliphatic carbocycles. The van der Waals surface area contributed by atoms with Crippen LogP contribution < -0.4 is 5.32 Å². The number of fused-ring (bicyclic) bond motifs is 1. The number of rotatable bonds is 12. The Bertz CT molecular complexity index is 1460. The van der Waals surface area contributed by atoms with Gasteiger partial charge >= 0.3 is 5.97 Å². The minimum absolute atomic E-state index is 0.0382. The first-order valence-electron chi connectivity index (χ1n) is 14.1. The van der Waals surface area contributed by atoms with E-state index < -0.39 is 27.5 Å². The topological polar surface area (TPSA) is 107 Å². The molecule has 8 heteroatoms. The van der Waals surface area contributed by atoms with Crippen LogP contribution in [-0.2, 0) is 33.1 Å². The summed E-state index contributed by atoms with van der Waals surface area (Å²) in [6.45, 7) is 7.79. The van der Waals surface area contributed by atoms with Crippen LogP contribution in [0.15, 0.2) is 77.7 Å². The second-order valence-electron chi connectivity index (χ2n) is 12.5. The highest BCUT2D eigenvalue weighted by Crippen LogP contribution is 2.32. The predicted molar refractivity (Wildman–Crippen MR) is 162 cm³/mol. The fourth-order valence-electron chi connectivity index (χ4n) is 5.66. The zero-order chi connectivity index (χ0) is 30.0. The molecule has 0 saturated carbocycles. The Balaban J connectivity index is 1.35. The number of β-amino-alcohol motifs (C(OH)–C–C–N with tert-alkyl or cyclic N) is 1. The standard InChI is InChI=1S/C33H42N2O5S/c1-32(2,20-23-17-25-9-6-7-10-26(25)18-23)34-21-29(36)22-35(5)41(39,40)30-12-8-11-27(19-30)24-13-15-28(16-14-24)33(3,4)31(37)38/h6-16,19,23,29,34,36H,17-18,20-22H2,1-5H3,(H,37,38)/t29-/m1/s1. The number of carbonyl (C=O) groups is 1. The highest BCUT2D eigenvalue weighted by molar-refractivity contribution is 7.89. The lowest BCUT2D eigenvalue weighted by Crippen LogP contribution is -2.47. The van der Waals surface area contributed by atoms with E-state index in [1.54, 1.807) is 56.3 Å². The molecule has 0 bridgehead atoms. The average molecular weight is 579 g/mol. The maximum absolute atomic E-state index is 13.4. The zero-order valence-electron chi connectivity index (χ0n) is 24.6. The van der Waals surface area contributed by atoms with Crippen LogP contribution in [0.2, 0.25) is 0 Å². The Morgan fingerprint density at radius 2 is 1.56 bits per heavy atom. The summed E-state index contributed by atoms with van der Waals surface area (Å²) in [5.41, 5.74) is 3.76. The van der Waals surface area contributed by atoms with Crippen LogP contribution in [0.1, 0.15) is 50.8 Å². The largest absolute Gasteiger partial charge is 0.481 e. The SMILES string of the molecule is CN(C[C@H](O)CNC(C)(C)CC1Cc2ccccc2C1)S(=O)(=O)c1cccc(-c2ccc(C(C)(C)C(=O)O)cc2)c1. The third kappa shape index (κ3) is 7.25. The minimum atomic E-state index is -3.84. The molecule has 0 saturated heterocycles. The summed E-state index contributed by atoms with van der Waals surface area (Å²) in [5.74, 6) is -0.371. The van der Waals surface area contributed by atoms with Gasteiger partial charge in [-0.2, -0.15) is 4.31 Å². The molecule has 0 unspecified atom stereocenters. The third-order valence-electron chi connectivity index (χ3n) is 8.24. The normalized spacial score (nSPS) is 15.2. The molecule has 1 aliphatic rings. The first kappa shape index (κ1) is 30.9. The molecule has 3 aromatic rings. The van der Waals surface area contributed by atoms with E-state index in [4.69, 9.17) is 0 Å². The minimum Gasteiger partial charge on any atom is -0.481 e. The van der Waals surface area contributed by atoms with Gasteiger partial charge in [0.2, 0.25) is 10.0 Å². The van der Waals surface area contributed by atoms with E-state index in [2.05, 4.69) is 43.4 Å². The molecule has 4 rings (SSSR count). The lowest BCUT2D eigenvalue weighted by Gasteiger charge is -2.31. The number of nitrogens with zero attached hydrogens (tertiary/aromatic N) is 1. The van der Waals surface area contributed by atoms with E-state index in [-0.39, 0.29) is 23.5 Å². The van der Waals surface area contributed by atoms with Gasteiger partial charge in [-0.15, -0.1) is 0 Å². The summed E-state index contributed by atoms with van der Waals surface area (Å²) in [4.78, 5) is 11.7. The molecule has 41 heavy (non-hydrogen) atoms. The molecule has 0 radical (unpaired) electrons. The average Bonchev–Trinajstić information content (AvgIpc) is 3.33. The summed E-state index contributed by atoms with van der Waals surface area (Å²) in [6, 6.07) is 22.4. The summed E-state index contributed by atoms with van der Waals surface area (Å²) in [6.07, 6.45) is 2.22. The van der Waals surface area contributed by atoms with E-state index in [1.165, 1.54) is 22.5 Å². The Morgan fingerprint density at radius 3 is 2.15 bits per heavy atom. The van der Waals surface area contributed by atoms with E-state index >= 15 is 0 Å². The van der Waals surface area contributed by atoms with Crippen molar-refractivity contribution >= 4 is 16.0 Å². The van der Waals surface area contributed by atoms with Crippen LogP contribution in [0, 0.1) is 5.92 Å². The Morgan fingerprint density at radius 1 is 0.951 bits per heavy atom. The second-order valence-corrected chi connectivity index (χ2v) is 14.5. The molecule has 0 aromatic heterocycles. The highest BCUT2D eigenvalue weighted by atomic mass is 32.2. The third-order valence-corrected chi connectivity index (χ3v) is 10.1. The maximum Gasteiger partial charge on any atom is 0.313 e. The molecule has 7 nitrogen and oxygen atoms in total. The number of aliphatic carboxylic acids is 1. The second kappa shape index (κ2) is 12.1. The fraction of sp³-hybridized carbons (Fsp3) is 0.424. The zero-order valence-corrected chi connectivity index (χ0v) is 25.4. The number of hydrogen-bond acceptors (Lipinski definition) is 5. The van der Waals surface area contributed by atoms with Crippen molar-refractivity contribution in [2.24, 2.45) is 5.92 Å². The summed E-state index contributed by atoms with van der Waals surface area (Å²) >= 11 is 0. The molecule has 0 heterocycles. The molecule has 0 fully saturated rings. The van der Waals surface area contributed by atoms with Gasteiger partial charge < -0.3 is 15.5 Å². The van der Waals surface area contributed by atoms with Crippen LogP contribution in [-0.4, -0.2) is 60.7 Å². The Labute approximate surface area is 244 Å². The van der Waals surface area contributed by atoms with Gasteiger partial charge in [0.15, 0.2) is 0 Å². The number of benzene rings is 3. The van der Waals surface area contributed by atoms with Crippen LogP contribution in [0.3, 0.4) is 0 Å². The van der Waals surface area contributed by atoms with Crippen molar-refractivity contribution in [3.05, 3.63) is 89.5 Å². The molecule has 3 N–H and O–H groups in total. The monoisotopic (exact) mass is 578 g/mol. The quantitative estimate of drug-likeness (QED) is 0.283. The van der Waals surface area contributed by atoms with E-state index in [1.807, 2.05) is 6.07 Å². The van der Waals surface area contributed by atoms with Gasteiger partial charge in [0.25, 0.3) is 0 Å². The number of sulfonamides is 1. The van der Waals surface area contributed by atoms with Crippen molar-refractivity contribution in [2.75, 3.05) is 20.1 Å². The van der Waals surface area contributed by atoms with Gasteiger partial charge in [-0.3, -0.25) is 4.79 Å². The van der Waals surface area contributed by atoms with Crippen molar-refractivity contribution in [1.82, 2.24) is 9.62 Å². The van der Waals surface area contributed by atoms with Crippen molar-refractivity contribution < 1.29 is 23.4 Å². The van der Waals surface area contributed by atoms with Crippen LogP contribution in [0.5, 0.6) is 0 Å². The van der Waals surface area contributed by atoms with Gasteiger partial charge in [-0.05, 0) is 92.8 Å². The van der Waals surface area contributed by atoms with Crippen molar-refractivity contribution in [1.29, 1.82) is 0 Å². The predicted octanol–water partition coefficient (Wildman–Crippen LogP) is 4.87. The van der Waals surface area contributed by atoms with Gasteiger partial charge in [-0.25, -0.2) is 8.42 Å². The molecule has 3 aromatic carbocycles.